The molecule has 0 saturated carbocycles. The summed E-state index contributed by atoms with van der Waals surface area (Å²) in [4.78, 5) is 23.8. The van der Waals surface area contributed by atoms with E-state index in [0.29, 0.717) is 29.2 Å². The third kappa shape index (κ3) is 4.54. The number of Topliss-reactive ketones (excluding diaryl/α,β-unsaturated/α-hetero) is 1. The number of allylic oxidation sites excluding steroid dienone is 1. The fourth-order valence-corrected chi connectivity index (χ4v) is 2.86. The van der Waals surface area contributed by atoms with E-state index in [4.69, 9.17) is 25.8 Å². The Morgan fingerprint density at radius 1 is 1.24 bits per heavy atom. The van der Waals surface area contributed by atoms with Gasteiger partial charge in [0.15, 0.2) is 11.4 Å². The molecule has 0 amide bonds. The van der Waals surface area contributed by atoms with Gasteiger partial charge in [0.1, 0.15) is 17.2 Å². The third-order valence-corrected chi connectivity index (χ3v) is 4.54. The lowest BCUT2D eigenvalue weighted by Gasteiger charge is -2.22. The number of carbonyl (C=O) groups excluding carboxylic acids is 1. The molecule has 1 aliphatic heterocycles. The molecule has 0 spiro atoms. The number of ketones is 1. The highest BCUT2D eigenvalue weighted by atomic mass is 35.5. The monoisotopic (exact) mass is 416 g/mol. The molecule has 1 aliphatic rings. The van der Waals surface area contributed by atoms with Crippen LogP contribution in [-0.2, 0) is 4.79 Å². The van der Waals surface area contributed by atoms with E-state index in [2.05, 4.69) is 0 Å². The number of carbonyl (C=O) groups is 2. The quantitative estimate of drug-likeness (QED) is 0.640. The molecule has 0 fully saturated rings. The minimum absolute atomic E-state index is 0.170. The maximum atomic E-state index is 12.6. The molecule has 0 atom stereocenters. The summed E-state index contributed by atoms with van der Waals surface area (Å²) in [6, 6.07) is 9.93. The van der Waals surface area contributed by atoms with Crippen molar-refractivity contribution >= 4 is 29.4 Å². The first-order chi connectivity index (χ1) is 13.7. The SMILES string of the molecule is CCCOc1ccc2c(c1)O/C(=C\c1ccc(OC(C)(C)C(=O)O)c(Cl)c1)C2=O. The first kappa shape index (κ1) is 20.7. The van der Waals surface area contributed by atoms with E-state index in [-0.39, 0.29) is 22.3 Å². The van der Waals surface area contributed by atoms with Crippen LogP contribution in [0, 0.1) is 0 Å². The lowest BCUT2D eigenvalue weighted by Crippen LogP contribution is -2.37. The van der Waals surface area contributed by atoms with Gasteiger partial charge in [0.05, 0.1) is 17.2 Å². The van der Waals surface area contributed by atoms with Gasteiger partial charge in [0.25, 0.3) is 0 Å². The molecule has 152 valence electrons. The molecule has 1 N–H and O–H groups in total. The molecule has 29 heavy (non-hydrogen) atoms. The normalized spacial score (nSPS) is 14.5. The first-order valence-electron chi connectivity index (χ1n) is 9.14. The van der Waals surface area contributed by atoms with Crippen molar-refractivity contribution in [1.29, 1.82) is 0 Å². The van der Waals surface area contributed by atoms with Crippen molar-refractivity contribution in [3.63, 3.8) is 0 Å². The van der Waals surface area contributed by atoms with Crippen LogP contribution in [0.3, 0.4) is 0 Å². The van der Waals surface area contributed by atoms with Crippen LogP contribution in [0.15, 0.2) is 42.2 Å². The summed E-state index contributed by atoms with van der Waals surface area (Å²) in [5.41, 5.74) is -0.337. The molecule has 7 heteroatoms. The van der Waals surface area contributed by atoms with E-state index in [1.807, 2.05) is 6.92 Å². The third-order valence-electron chi connectivity index (χ3n) is 4.25. The number of benzene rings is 2. The minimum atomic E-state index is -1.42. The highest BCUT2D eigenvalue weighted by Gasteiger charge is 2.30. The lowest BCUT2D eigenvalue weighted by molar-refractivity contribution is -0.152. The van der Waals surface area contributed by atoms with E-state index < -0.39 is 11.6 Å². The molecule has 2 aromatic rings. The van der Waals surface area contributed by atoms with Crippen LogP contribution in [0.5, 0.6) is 17.2 Å². The number of hydrogen-bond acceptors (Lipinski definition) is 5. The molecule has 6 nitrogen and oxygen atoms in total. The average molecular weight is 417 g/mol. The van der Waals surface area contributed by atoms with Crippen molar-refractivity contribution in [3.05, 3.63) is 58.3 Å². The second kappa shape index (κ2) is 8.17. The Morgan fingerprint density at radius 2 is 2.00 bits per heavy atom. The van der Waals surface area contributed by atoms with Gasteiger partial charge in [-0.1, -0.05) is 24.6 Å². The molecule has 3 rings (SSSR count). The Balaban J connectivity index is 1.81. The summed E-state index contributed by atoms with van der Waals surface area (Å²) in [6.45, 7) is 5.46. The summed E-state index contributed by atoms with van der Waals surface area (Å²) < 4.78 is 16.7. The second-order valence-electron chi connectivity index (χ2n) is 7.05. The number of halogens is 1. The summed E-state index contributed by atoms with van der Waals surface area (Å²) >= 11 is 6.23. The number of hydrogen-bond donors (Lipinski definition) is 1. The van der Waals surface area contributed by atoms with Gasteiger partial charge >= 0.3 is 5.97 Å². The van der Waals surface area contributed by atoms with Crippen molar-refractivity contribution in [2.75, 3.05) is 6.61 Å². The Labute approximate surface area is 173 Å². The van der Waals surface area contributed by atoms with Crippen LogP contribution < -0.4 is 14.2 Å². The number of carboxylic acid groups (broad SMARTS) is 1. The van der Waals surface area contributed by atoms with Crippen LogP contribution in [0.1, 0.15) is 43.1 Å². The van der Waals surface area contributed by atoms with Crippen LogP contribution in [0.4, 0.5) is 0 Å². The van der Waals surface area contributed by atoms with Gasteiger partial charge in [-0.25, -0.2) is 4.79 Å². The summed E-state index contributed by atoms with van der Waals surface area (Å²) in [5, 5.41) is 9.41. The van der Waals surface area contributed by atoms with Gasteiger partial charge in [-0.05, 0) is 56.2 Å². The van der Waals surface area contributed by atoms with E-state index >= 15 is 0 Å². The number of carboxylic acids is 1. The molecular formula is C22H21ClO6. The minimum Gasteiger partial charge on any atom is -0.493 e. The molecule has 0 saturated heterocycles. The van der Waals surface area contributed by atoms with Gasteiger partial charge in [0.2, 0.25) is 5.78 Å². The average Bonchev–Trinajstić information content (AvgIpc) is 2.97. The number of ether oxygens (including phenoxy) is 3. The van der Waals surface area contributed by atoms with E-state index in [1.54, 1.807) is 42.5 Å². The van der Waals surface area contributed by atoms with Gasteiger partial charge < -0.3 is 19.3 Å². The Morgan fingerprint density at radius 3 is 2.66 bits per heavy atom. The zero-order valence-electron chi connectivity index (χ0n) is 16.3. The van der Waals surface area contributed by atoms with Crippen molar-refractivity contribution in [2.45, 2.75) is 32.8 Å². The standard InChI is InChI=1S/C22H21ClO6/c1-4-9-27-14-6-7-15-18(12-14)28-19(20(15)24)11-13-5-8-17(16(23)10-13)29-22(2,3)21(25)26/h5-8,10-12H,4,9H2,1-3H3,(H,25,26)/b19-11-. The van der Waals surface area contributed by atoms with E-state index in [1.165, 1.54) is 13.8 Å². The van der Waals surface area contributed by atoms with Gasteiger partial charge in [-0.15, -0.1) is 0 Å². The van der Waals surface area contributed by atoms with Crippen molar-refractivity contribution in [1.82, 2.24) is 0 Å². The predicted molar refractivity (Wildman–Crippen MR) is 109 cm³/mol. The first-order valence-corrected chi connectivity index (χ1v) is 9.52. The van der Waals surface area contributed by atoms with Crippen molar-refractivity contribution < 1.29 is 28.9 Å². The summed E-state index contributed by atoms with van der Waals surface area (Å²) in [6.07, 6.45) is 2.46. The molecular weight excluding hydrogens is 396 g/mol. The highest BCUT2D eigenvalue weighted by Crippen LogP contribution is 2.36. The van der Waals surface area contributed by atoms with Gasteiger partial charge in [-0.2, -0.15) is 0 Å². The fraction of sp³-hybridized carbons (Fsp3) is 0.273. The van der Waals surface area contributed by atoms with Gasteiger partial charge in [-0.3, -0.25) is 4.79 Å². The molecule has 1 heterocycles. The Bertz CT molecular complexity index is 993. The molecule has 0 bridgehead atoms. The Hall–Kier alpha value is -2.99. The van der Waals surface area contributed by atoms with Crippen molar-refractivity contribution in [3.8, 4) is 17.2 Å². The number of rotatable bonds is 7. The van der Waals surface area contributed by atoms with E-state index in [9.17, 15) is 14.7 Å². The number of aliphatic carboxylic acids is 1. The fourth-order valence-electron chi connectivity index (χ4n) is 2.64. The van der Waals surface area contributed by atoms with Crippen LogP contribution >= 0.6 is 11.6 Å². The molecule has 0 unspecified atom stereocenters. The summed E-state index contributed by atoms with van der Waals surface area (Å²) in [5.74, 6) is 0.161. The molecule has 0 radical (unpaired) electrons. The largest absolute Gasteiger partial charge is 0.493 e. The number of fused-ring (bicyclic) bond motifs is 1. The van der Waals surface area contributed by atoms with Crippen molar-refractivity contribution in [2.24, 2.45) is 0 Å². The maximum Gasteiger partial charge on any atom is 0.347 e. The van der Waals surface area contributed by atoms with Crippen LogP contribution in [0.25, 0.3) is 6.08 Å². The molecule has 2 aromatic carbocycles. The zero-order chi connectivity index (χ0) is 21.2. The molecule has 0 aliphatic carbocycles. The second-order valence-corrected chi connectivity index (χ2v) is 7.46. The van der Waals surface area contributed by atoms with Gasteiger partial charge in [0, 0.05) is 6.07 Å². The molecule has 0 aromatic heterocycles. The maximum absolute atomic E-state index is 12.6. The van der Waals surface area contributed by atoms with Crippen LogP contribution in [0.2, 0.25) is 5.02 Å². The lowest BCUT2D eigenvalue weighted by atomic mass is 10.1. The highest BCUT2D eigenvalue weighted by molar-refractivity contribution is 6.32. The van der Waals surface area contributed by atoms with E-state index in [0.717, 1.165) is 6.42 Å². The predicted octanol–water partition coefficient (Wildman–Crippen LogP) is 4.99. The topological polar surface area (TPSA) is 82.1 Å². The zero-order valence-corrected chi connectivity index (χ0v) is 17.1. The Kier molecular flexibility index (Phi) is 5.84. The van der Waals surface area contributed by atoms with Crippen LogP contribution in [-0.4, -0.2) is 29.1 Å². The summed E-state index contributed by atoms with van der Waals surface area (Å²) in [7, 11) is 0. The smallest absolute Gasteiger partial charge is 0.347 e.